The predicted molar refractivity (Wildman–Crippen MR) is 94.1 cm³/mol. The minimum Gasteiger partial charge on any atom is -0.323 e. The van der Waals surface area contributed by atoms with Gasteiger partial charge in [0.15, 0.2) is 5.82 Å². The molecule has 2 N–H and O–H groups in total. The van der Waals surface area contributed by atoms with Gasteiger partial charge >= 0.3 is 0 Å². The zero-order chi connectivity index (χ0) is 17.8. The summed E-state index contributed by atoms with van der Waals surface area (Å²) in [6.45, 7) is 1.83. The third kappa shape index (κ3) is 4.64. The Kier molecular flexibility index (Phi) is 5.09. The molecule has 7 heteroatoms. The van der Waals surface area contributed by atoms with E-state index < -0.39 is 5.82 Å². The van der Waals surface area contributed by atoms with E-state index >= 15 is 0 Å². The molecular formula is C18H16ClFN4O. The van der Waals surface area contributed by atoms with Crippen molar-refractivity contribution in [1.29, 1.82) is 0 Å². The van der Waals surface area contributed by atoms with Gasteiger partial charge in [0.25, 0.3) is 0 Å². The van der Waals surface area contributed by atoms with E-state index in [1.165, 1.54) is 6.07 Å². The average molecular weight is 359 g/mol. The lowest BCUT2D eigenvalue weighted by Crippen LogP contribution is -2.16. The van der Waals surface area contributed by atoms with E-state index in [0.717, 1.165) is 11.1 Å². The molecule has 0 spiro atoms. The fourth-order valence-corrected chi connectivity index (χ4v) is 2.49. The Bertz CT molecular complexity index is 892. The van der Waals surface area contributed by atoms with Gasteiger partial charge in [0.05, 0.1) is 12.1 Å². The van der Waals surface area contributed by atoms with Gasteiger partial charge < -0.3 is 5.32 Å². The van der Waals surface area contributed by atoms with E-state index in [2.05, 4.69) is 20.5 Å². The topological polar surface area (TPSA) is 70.7 Å². The van der Waals surface area contributed by atoms with E-state index in [1.807, 2.05) is 19.1 Å². The molecule has 0 radical (unpaired) electrons. The molecule has 1 heterocycles. The summed E-state index contributed by atoms with van der Waals surface area (Å²) in [6.07, 6.45) is 0.517. The zero-order valence-corrected chi connectivity index (χ0v) is 14.3. The Morgan fingerprint density at radius 1 is 1.24 bits per heavy atom. The number of amides is 1. The number of rotatable bonds is 5. The molecule has 0 saturated carbocycles. The van der Waals surface area contributed by atoms with Crippen molar-refractivity contribution < 1.29 is 9.18 Å². The molecule has 0 bridgehead atoms. The smallest absolute Gasteiger partial charge is 0.232 e. The lowest BCUT2D eigenvalue weighted by atomic mass is 10.1. The lowest BCUT2D eigenvalue weighted by molar-refractivity contribution is -0.115. The monoisotopic (exact) mass is 358 g/mol. The third-order valence-electron chi connectivity index (χ3n) is 3.58. The summed E-state index contributed by atoms with van der Waals surface area (Å²) < 4.78 is 13.7. The molecule has 128 valence electrons. The Morgan fingerprint density at radius 3 is 2.76 bits per heavy atom. The number of benzene rings is 2. The number of carbonyl (C=O) groups excluding carboxylic acids is 1. The maximum atomic E-state index is 13.7. The van der Waals surface area contributed by atoms with E-state index in [0.29, 0.717) is 23.1 Å². The highest BCUT2D eigenvalue weighted by Gasteiger charge is 2.12. The first-order valence-corrected chi connectivity index (χ1v) is 8.08. The fourth-order valence-electron chi connectivity index (χ4n) is 2.36. The van der Waals surface area contributed by atoms with Crippen LogP contribution < -0.4 is 5.32 Å². The molecular weight excluding hydrogens is 343 g/mol. The summed E-state index contributed by atoms with van der Waals surface area (Å²) in [6, 6.07) is 12.0. The van der Waals surface area contributed by atoms with Crippen LogP contribution in [0.5, 0.6) is 0 Å². The summed E-state index contributed by atoms with van der Waals surface area (Å²) in [7, 11) is 0. The van der Waals surface area contributed by atoms with E-state index in [-0.39, 0.29) is 18.0 Å². The van der Waals surface area contributed by atoms with Crippen LogP contribution in [0.25, 0.3) is 0 Å². The molecule has 1 amide bonds. The van der Waals surface area contributed by atoms with Gasteiger partial charge in [-0.3, -0.25) is 9.89 Å². The summed E-state index contributed by atoms with van der Waals surface area (Å²) >= 11 is 5.86. The van der Waals surface area contributed by atoms with Crippen LogP contribution in [0.2, 0.25) is 5.02 Å². The number of nitrogens with zero attached hydrogens (tertiary/aromatic N) is 2. The second kappa shape index (κ2) is 7.44. The summed E-state index contributed by atoms with van der Waals surface area (Å²) in [5, 5.41) is 10.1. The van der Waals surface area contributed by atoms with Crippen molar-refractivity contribution in [1.82, 2.24) is 15.2 Å². The number of halogens is 2. The molecule has 0 atom stereocenters. The molecule has 0 fully saturated rings. The number of hydrogen-bond donors (Lipinski definition) is 2. The van der Waals surface area contributed by atoms with Crippen LogP contribution in [0.15, 0.2) is 42.5 Å². The molecule has 1 aromatic heterocycles. The Labute approximate surface area is 149 Å². The molecule has 0 unspecified atom stereocenters. The number of H-pyrrole nitrogens is 1. The van der Waals surface area contributed by atoms with Gasteiger partial charge in [0, 0.05) is 11.4 Å². The number of aromatic nitrogens is 3. The maximum Gasteiger partial charge on any atom is 0.232 e. The molecule has 0 aliphatic heterocycles. The van der Waals surface area contributed by atoms with Crippen molar-refractivity contribution in [2.75, 3.05) is 5.32 Å². The van der Waals surface area contributed by atoms with Crippen LogP contribution in [-0.2, 0) is 17.6 Å². The number of anilines is 1. The van der Waals surface area contributed by atoms with Gasteiger partial charge in [-0.25, -0.2) is 9.37 Å². The summed E-state index contributed by atoms with van der Waals surface area (Å²) in [5.74, 6) is 0.153. The van der Waals surface area contributed by atoms with E-state index in [9.17, 15) is 9.18 Å². The second-order valence-electron chi connectivity index (χ2n) is 5.71. The van der Waals surface area contributed by atoms with Crippen molar-refractivity contribution in [2.24, 2.45) is 0 Å². The van der Waals surface area contributed by atoms with Gasteiger partial charge in [-0.15, -0.1) is 0 Å². The SMILES string of the molecule is Cc1ccc(F)c(NC(=O)Cc2n[nH]c(Cc3ccc(Cl)cc3)n2)c1. The second-order valence-corrected chi connectivity index (χ2v) is 6.15. The number of aryl methyl sites for hydroxylation is 1. The van der Waals surface area contributed by atoms with Crippen molar-refractivity contribution in [3.05, 3.63) is 76.1 Å². The number of hydrogen-bond acceptors (Lipinski definition) is 3. The molecule has 0 aliphatic rings. The minimum atomic E-state index is -0.475. The van der Waals surface area contributed by atoms with Gasteiger partial charge in [0.2, 0.25) is 5.91 Å². The van der Waals surface area contributed by atoms with E-state index in [4.69, 9.17) is 11.6 Å². The van der Waals surface area contributed by atoms with Crippen molar-refractivity contribution in [3.63, 3.8) is 0 Å². The minimum absolute atomic E-state index is 0.0372. The molecule has 2 aromatic carbocycles. The first-order chi connectivity index (χ1) is 12.0. The zero-order valence-electron chi connectivity index (χ0n) is 13.5. The standard InChI is InChI=1S/C18H16ClFN4O/c1-11-2-7-14(20)15(8-11)21-18(25)10-17-22-16(23-24-17)9-12-3-5-13(19)6-4-12/h2-8H,9-10H2,1H3,(H,21,25)(H,22,23,24). The van der Waals surface area contributed by atoms with Gasteiger partial charge in [-0.2, -0.15) is 5.10 Å². The highest BCUT2D eigenvalue weighted by molar-refractivity contribution is 6.30. The predicted octanol–water partition coefficient (Wildman–Crippen LogP) is 3.68. The Hall–Kier alpha value is -2.73. The first-order valence-electron chi connectivity index (χ1n) is 7.70. The van der Waals surface area contributed by atoms with Crippen LogP contribution in [-0.4, -0.2) is 21.1 Å². The number of aromatic amines is 1. The molecule has 25 heavy (non-hydrogen) atoms. The molecule has 5 nitrogen and oxygen atoms in total. The fraction of sp³-hybridized carbons (Fsp3) is 0.167. The van der Waals surface area contributed by atoms with Crippen LogP contribution in [0, 0.1) is 12.7 Å². The molecule has 0 saturated heterocycles. The van der Waals surface area contributed by atoms with Crippen LogP contribution in [0.4, 0.5) is 10.1 Å². The van der Waals surface area contributed by atoms with Crippen LogP contribution in [0.3, 0.4) is 0 Å². The molecule has 0 aliphatic carbocycles. The highest BCUT2D eigenvalue weighted by atomic mass is 35.5. The number of carbonyl (C=O) groups is 1. The third-order valence-corrected chi connectivity index (χ3v) is 3.83. The highest BCUT2D eigenvalue weighted by Crippen LogP contribution is 2.16. The maximum absolute atomic E-state index is 13.7. The van der Waals surface area contributed by atoms with Crippen molar-refractivity contribution in [3.8, 4) is 0 Å². The van der Waals surface area contributed by atoms with Crippen LogP contribution >= 0.6 is 11.6 Å². The molecule has 3 aromatic rings. The average Bonchev–Trinajstić information content (AvgIpc) is 3.00. The first kappa shape index (κ1) is 17.1. The quantitative estimate of drug-likeness (QED) is 0.731. The summed E-state index contributed by atoms with van der Waals surface area (Å²) in [4.78, 5) is 16.4. The Balaban J connectivity index is 1.61. The number of nitrogens with one attached hydrogen (secondary N) is 2. The normalized spacial score (nSPS) is 10.7. The van der Waals surface area contributed by atoms with Gasteiger partial charge in [-0.05, 0) is 42.3 Å². The Morgan fingerprint density at radius 2 is 2.00 bits per heavy atom. The molecule has 3 rings (SSSR count). The largest absolute Gasteiger partial charge is 0.323 e. The van der Waals surface area contributed by atoms with Gasteiger partial charge in [0.1, 0.15) is 11.6 Å². The van der Waals surface area contributed by atoms with Crippen molar-refractivity contribution in [2.45, 2.75) is 19.8 Å². The lowest BCUT2D eigenvalue weighted by Gasteiger charge is -2.06. The summed E-state index contributed by atoms with van der Waals surface area (Å²) in [5.41, 5.74) is 2.04. The van der Waals surface area contributed by atoms with Gasteiger partial charge in [-0.1, -0.05) is 29.8 Å². The van der Waals surface area contributed by atoms with E-state index in [1.54, 1.807) is 24.3 Å². The van der Waals surface area contributed by atoms with Crippen LogP contribution in [0.1, 0.15) is 22.8 Å². The van der Waals surface area contributed by atoms with Crippen molar-refractivity contribution >= 4 is 23.2 Å².